The zero-order valence-corrected chi connectivity index (χ0v) is 10.2. The van der Waals surface area contributed by atoms with E-state index in [0.29, 0.717) is 17.3 Å². The third kappa shape index (κ3) is 2.26. The van der Waals surface area contributed by atoms with Crippen molar-refractivity contribution in [3.05, 3.63) is 30.1 Å². The number of pyridine rings is 1. The maximum atomic E-state index is 9.89. The molecule has 0 aromatic carbocycles. The summed E-state index contributed by atoms with van der Waals surface area (Å²) in [6.45, 7) is 0. The molecule has 0 amide bonds. The summed E-state index contributed by atoms with van der Waals surface area (Å²) in [5.41, 5.74) is 2.34. The van der Waals surface area contributed by atoms with Crippen LogP contribution in [-0.4, -0.2) is 31.6 Å². The fourth-order valence-electron chi connectivity index (χ4n) is 1.60. The minimum atomic E-state index is -0.891. The van der Waals surface area contributed by atoms with E-state index in [-0.39, 0.29) is 0 Å². The van der Waals surface area contributed by atoms with E-state index < -0.39 is 12.2 Å². The van der Waals surface area contributed by atoms with Crippen LogP contribution in [0.3, 0.4) is 0 Å². The molecule has 5 heteroatoms. The van der Waals surface area contributed by atoms with Crippen molar-refractivity contribution in [1.29, 1.82) is 0 Å². The van der Waals surface area contributed by atoms with Gasteiger partial charge in [0.05, 0.1) is 17.1 Å². The second-order valence-corrected chi connectivity index (χ2v) is 4.46. The number of alkyl halides is 1. The maximum absolute atomic E-state index is 9.89. The lowest BCUT2D eigenvalue weighted by Crippen LogP contribution is -2.18. The lowest BCUT2D eigenvalue weighted by atomic mass is 10.0. The van der Waals surface area contributed by atoms with Gasteiger partial charge in [0.2, 0.25) is 0 Å². The first kappa shape index (κ1) is 11.6. The fraction of sp³-hybridized carbons (Fsp3) is 0.364. The topological polar surface area (TPSA) is 69.1 Å². The van der Waals surface area contributed by atoms with Gasteiger partial charge in [-0.15, -0.1) is 0 Å². The molecule has 4 nitrogen and oxygen atoms in total. The molecule has 0 aliphatic rings. The maximum Gasteiger partial charge on any atom is 0.106 e. The molecule has 0 saturated carbocycles. The second kappa shape index (κ2) is 4.95. The summed E-state index contributed by atoms with van der Waals surface area (Å²) in [6, 6.07) is 3.67. The standard InChI is InChI=1S/C11H13BrN2O2/c12-3-1-10(15)11(16)7-5-9-8(14-6-7)2-4-13-9/h2,4-6,10-11,13,15-16H,1,3H2. The Morgan fingerprint density at radius 1 is 1.44 bits per heavy atom. The van der Waals surface area contributed by atoms with Crippen molar-refractivity contribution in [2.45, 2.75) is 18.6 Å². The van der Waals surface area contributed by atoms with Gasteiger partial charge >= 0.3 is 0 Å². The zero-order chi connectivity index (χ0) is 11.5. The molecular formula is C11H13BrN2O2. The van der Waals surface area contributed by atoms with Crippen LogP contribution in [0.4, 0.5) is 0 Å². The molecule has 2 unspecified atom stereocenters. The molecule has 0 bridgehead atoms. The van der Waals surface area contributed by atoms with Gasteiger partial charge in [-0.05, 0) is 18.6 Å². The summed E-state index contributed by atoms with van der Waals surface area (Å²) >= 11 is 3.23. The predicted octanol–water partition coefficient (Wildman–Crippen LogP) is 1.74. The van der Waals surface area contributed by atoms with Gasteiger partial charge in [-0.3, -0.25) is 4.98 Å². The lowest BCUT2D eigenvalue weighted by Gasteiger charge is -2.16. The lowest BCUT2D eigenvalue weighted by molar-refractivity contribution is 0.0172. The number of aromatic amines is 1. The van der Waals surface area contributed by atoms with Gasteiger partial charge in [0, 0.05) is 23.3 Å². The predicted molar refractivity (Wildman–Crippen MR) is 65.5 cm³/mol. The van der Waals surface area contributed by atoms with Gasteiger partial charge in [-0.25, -0.2) is 0 Å². The van der Waals surface area contributed by atoms with Crippen LogP contribution >= 0.6 is 15.9 Å². The van der Waals surface area contributed by atoms with E-state index >= 15 is 0 Å². The minimum Gasteiger partial charge on any atom is -0.390 e. The van der Waals surface area contributed by atoms with Crippen LogP contribution in [0.5, 0.6) is 0 Å². The smallest absolute Gasteiger partial charge is 0.106 e. The van der Waals surface area contributed by atoms with Crippen LogP contribution in [0.15, 0.2) is 24.5 Å². The van der Waals surface area contributed by atoms with Crippen LogP contribution in [0.1, 0.15) is 18.1 Å². The van der Waals surface area contributed by atoms with Gasteiger partial charge < -0.3 is 15.2 Å². The van der Waals surface area contributed by atoms with Crippen LogP contribution in [-0.2, 0) is 0 Å². The Kier molecular flexibility index (Phi) is 3.58. The number of hydrogen-bond acceptors (Lipinski definition) is 3. The molecule has 2 rings (SSSR count). The first-order valence-corrected chi connectivity index (χ1v) is 6.19. The zero-order valence-electron chi connectivity index (χ0n) is 8.60. The quantitative estimate of drug-likeness (QED) is 0.749. The Balaban J connectivity index is 2.24. The number of hydrogen-bond donors (Lipinski definition) is 3. The van der Waals surface area contributed by atoms with Crippen molar-refractivity contribution in [3.8, 4) is 0 Å². The van der Waals surface area contributed by atoms with Gasteiger partial charge in [0.1, 0.15) is 6.10 Å². The second-order valence-electron chi connectivity index (χ2n) is 3.67. The minimum absolute atomic E-state index is 0.504. The Labute approximate surface area is 101 Å². The molecule has 2 aromatic heterocycles. The van der Waals surface area contributed by atoms with Gasteiger partial charge in [-0.2, -0.15) is 0 Å². The van der Waals surface area contributed by atoms with Gasteiger partial charge in [0.25, 0.3) is 0 Å². The van der Waals surface area contributed by atoms with Crippen molar-refractivity contribution in [3.63, 3.8) is 0 Å². The number of nitrogens with one attached hydrogen (secondary N) is 1. The molecule has 0 spiro atoms. The molecule has 0 radical (unpaired) electrons. The molecule has 2 aromatic rings. The van der Waals surface area contributed by atoms with Crippen molar-refractivity contribution in [2.75, 3.05) is 5.33 Å². The van der Waals surface area contributed by atoms with Crippen molar-refractivity contribution < 1.29 is 10.2 Å². The van der Waals surface area contributed by atoms with E-state index in [0.717, 1.165) is 11.0 Å². The normalized spacial score (nSPS) is 15.2. The summed E-state index contributed by atoms with van der Waals surface area (Å²) in [4.78, 5) is 7.21. The van der Waals surface area contributed by atoms with E-state index in [4.69, 9.17) is 0 Å². The summed E-state index contributed by atoms with van der Waals surface area (Å²) < 4.78 is 0. The average Bonchev–Trinajstić information content (AvgIpc) is 2.75. The van der Waals surface area contributed by atoms with Crippen molar-refractivity contribution >= 4 is 27.0 Å². The Hall–Kier alpha value is -0.910. The fourth-order valence-corrected chi connectivity index (χ4v) is 2.07. The van der Waals surface area contributed by atoms with Gasteiger partial charge in [0.15, 0.2) is 0 Å². The summed E-state index contributed by atoms with van der Waals surface area (Å²) in [5, 5.41) is 20.2. The van der Waals surface area contributed by atoms with Crippen LogP contribution in [0, 0.1) is 0 Å². The number of aliphatic hydroxyl groups is 2. The van der Waals surface area contributed by atoms with Crippen LogP contribution in [0.2, 0.25) is 0 Å². The molecule has 2 heterocycles. The molecule has 2 atom stereocenters. The highest BCUT2D eigenvalue weighted by atomic mass is 79.9. The molecule has 16 heavy (non-hydrogen) atoms. The summed E-state index contributed by atoms with van der Waals surface area (Å²) in [7, 11) is 0. The highest BCUT2D eigenvalue weighted by Crippen LogP contribution is 2.21. The van der Waals surface area contributed by atoms with Crippen molar-refractivity contribution in [2.24, 2.45) is 0 Å². The molecular weight excluding hydrogens is 272 g/mol. The molecule has 86 valence electrons. The number of aromatic nitrogens is 2. The van der Waals surface area contributed by atoms with E-state index in [9.17, 15) is 10.2 Å². The first-order valence-electron chi connectivity index (χ1n) is 5.07. The number of halogens is 1. The highest BCUT2D eigenvalue weighted by molar-refractivity contribution is 9.09. The Bertz CT molecular complexity index is 472. The largest absolute Gasteiger partial charge is 0.390 e. The van der Waals surface area contributed by atoms with Gasteiger partial charge in [-0.1, -0.05) is 15.9 Å². The van der Waals surface area contributed by atoms with Crippen LogP contribution < -0.4 is 0 Å². The Morgan fingerprint density at radius 3 is 3.00 bits per heavy atom. The molecule has 3 N–H and O–H groups in total. The van der Waals surface area contributed by atoms with Crippen molar-refractivity contribution in [1.82, 2.24) is 9.97 Å². The third-order valence-corrected chi connectivity index (χ3v) is 2.99. The summed E-state index contributed by atoms with van der Waals surface area (Å²) in [6.07, 6.45) is 2.23. The SMILES string of the molecule is OC(CCBr)C(O)c1cnc2cc[nH]c2c1. The molecule has 0 aliphatic heterocycles. The van der Waals surface area contributed by atoms with Crippen LogP contribution in [0.25, 0.3) is 11.0 Å². The molecule has 0 aliphatic carbocycles. The van der Waals surface area contributed by atoms with E-state index in [1.165, 1.54) is 0 Å². The van der Waals surface area contributed by atoms with E-state index in [1.54, 1.807) is 12.4 Å². The highest BCUT2D eigenvalue weighted by Gasteiger charge is 2.18. The van der Waals surface area contributed by atoms with E-state index in [1.807, 2.05) is 12.1 Å². The number of aliphatic hydroxyl groups excluding tert-OH is 2. The third-order valence-electron chi connectivity index (χ3n) is 2.53. The Morgan fingerprint density at radius 2 is 2.25 bits per heavy atom. The molecule has 0 saturated heterocycles. The number of rotatable bonds is 4. The summed E-state index contributed by atoms with van der Waals surface area (Å²) in [5.74, 6) is 0. The molecule has 0 fully saturated rings. The average molecular weight is 285 g/mol. The first-order chi connectivity index (χ1) is 7.72. The van der Waals surface area contributed by atoms with E-state index in [2.05, 4.69) is 25.9 Å². The number of H-pyrrole nitrogens is 1. The number of fused-ring (bicyclic) bond motifs is 1. The number of nitrogens with zero attached hydrogens (tertiary/aromatic N) is 1. The monoisotopic (exact) mass is 284 g/mol.